The van der Waals surface area contributed by atoms with Gasteiger partial charge in [0.05, 0.1) is 12.2 Å². The molecule has 130 valence electrons. The molecule has 0 aliphatic heterocycles. The van der Waals surface area contributed by atoms with Crippen molar-refractivity contribution in [1.82, 2.24) is 0 Å². The van der Waals surface area contributed by atoms with Crippen molar-refractivity contribution in [2.45, 2.75) is 39.5 Å². The molecule has 0 saturated heterocycles. The Kier molecular flexibility index (Phi) is 5.40. The van der Waals surface area contributed by atoms with Gasteiger partial charge in [-0.3, -0.25) is 4.79 Å². The molecule has 0 saturated carbocycles. The molecule has 0 radical (unpaired) electrons. The van der Waals surface area contributed by atoms with Crippen LogP contribution in [0.1, 0.15) is 53.1 Å². The number of ether oxygens (including phenoxy) is 1. The van der Waals surface area contributed by atoms with Crippen molar-refractivity contribution >= 4 is 22.2 Å². The van der Waals surface area contributed by atoms with Gasteiger partial charge in [0.15, 0.2) is 0 Å². The van der Waals surface area contributed by atoms with E-state index in [1.807, 2.05) is 0 Å². The Morgan fingerprint density at radius 1 is 1.40 bits per heavy atom. The highest BCUT2D eigenvalue weighted by Crippen LogP contribution is 2.39. The fourth-order valence-corrected chi connectivity index (χ4v) is 4.41. The Labute approximate surface area is 152 Å². The van der Waals surface area contributed by atoms with Gasteiger partial charge in [-0.2, -0.15) is 5.26 Å². The molecule has 1 atom stereocenters. The van der Waals surface area contributed by atoms with Crippen LogP contribution in [0.3, 0.4) is 0 Å². The largest absolute Gasteiger partial charge is 0.494 e. The second-order valence-electron chi connectivity index (χ2n) is 6.49. The van der Waals surface area contributed by atoms with Gasteiger partial charge in [0, 0.05) is 10.4 Å². The number of fused-ring (bicyclic) bond motifs is 1. The van der Waals surface area contributed by atoms with Crippen LogP contribution in [-0.4, -0.2) is 12.5 Å². The average Bonchev–Trinajstić information content (AvgIpc) is 2.96. The first-order chi connectivity index (χ1) is 12.1. The molecule has 1 amide bonds. The highest BCUT2D eigenvalue weighted by atomic mass is 32.1. The van der Waals surface area contributed by atoms with Gasteiger partial charge in [-0.15, -0.1) is 11.3 Å². The molecule has 1 N–H and O–H groups in total. The summed E-state index contributed by atoms with van der Waals surface area (Å²) in [5.74, 6) is 1.21. The maximum atomic E-state index is 12.5. The number of benzene rings is 1. The molecule has 0 bridgehead atoms. The minimum Gasteiger partial charge on any atom is -0.494 e. The highest BCUT2D eigenvalue weighted by Gasteiger charge is 2.24. The molecule has 1 aliphatic carbocycles. The maximum Gasteiger partial charge on any atom is 0.256 e. The smallest absolute Gasteiger partial charge is 0.256 e. The van der Waals surface area contributed by atoms with Gasteiger partial charge in [-0.1, -0.05) is 13.8 Å². The number of carbonyl (C=O) groups excluding carboxylic acids is 1. The molecule has 4 nitrogen and oxygen atoms in total. The normalized spacial score (nSPS) is 16.0. The zero-order valence-electron chi connectivity index (χ0n) is 14.6. The van der Waals surface area contributed by atoms with Crippen LogP contribution in [0.4, 0.5) is 5.00 Å². The summed E-state index contributed by atoms with van der Waals surface area (Å²) in [7, 11) is 0. The van der Waals surface area contributed by atoms with Crippen molar-refractivity contribution in [3.8, 4) is 11.8 Å². The first-order valence-corrected chi connectivity index (χ1v) is 9.52. The van der Waals surface area contributed by atoms with Gasteiger partial charge in [-0.05, 0) is 61.4 Å². The number of carbonyl (C=O) groups is 1. The van der Waals surface area contributed by atoms with Crippen molar-refractivity contribution in [1.29, 1.82) is 5.26 Å². The first kappa shape index (κ1) is 17.5. The Balaban J connectivity index is 1.76. The maximum absolute atomic E-state index is 12.5. The van der Waals surface area contributed by atoms with E-state index >= 15 is 0 Å². The third-order valence-electron chi connectivity index (χ3n) is 4.44. The van der Waals surface area contributed by atoms with Crippen LogP contribution < -0.4 is 10.1 Å². The van der Waals surface area contributed by atoms with Crippen molar-refractivity contribution in [3.05, 3.63) is 45.8 Å². The SMILES string of the molecule is CCCOc1ccc(C(=O)Nc2sc3c(c2C#N)CC[C@@H](C)C3)cc1. The fourth-order valence-electron chi connectivity index (χ4n) is 3.05. The predicted molar refractivity (Wildman–Crippen MR) is 100 cm³/mol. The molecule has 0 unspecified atom stereocenters. The number of amides is 1. The lowest BCUT2D eigenvalue weighted by atomic mass is 9.88. The summed E-state index contributed by atoms with van der Waals surface area (Å²) in [6.45, 7) is 4.95. The summed E-state index contributed by atoms with van der Waals surface area (Å²) < 4.78 is 5.54. The summed E-state index contributed by atoms with van der Waals surface area (Å²) >= 11 is 1.55. The Morgan fingerprint density at radius 2 is 2.16 bits per heavy atom. The third kappa shape index (κ3) is 3.85. The third-order valence-corrected chi connectivity index (χ3v) is 5.61. The lowest BCUT2D eigenvalue weighted by Crippen LogP contribution is -2.12. The van der Waals surface area contributed by atoms with E-state index in [1.165, 1.54) is 4.88 Å². The van der Waals surface area contributed by atoms with Crippen LogP contribution in [0.2, 0.25) is 0 Å². The lowest BCUT2D eigenvalue weighted by Gasteiger charge is -2.17. The molecule has 1 aliphatic rings. The van der Waals surface area contributed by atoms with Crippen molar-refractivity contribution in [2.24, 2.45) is 5.92 Å². The molecule has 2 aromatic rings. The summed E-state index contributed by atoms with van der Waals surface area (Å²) in [5, 5.41) is 13.1. The van der Waals surface area contributed by atoms with Crippen LogP contribution in [0.5, 0.6) is 5.75 Å². The summed E-state index contributed by atoms with van der Waals surface area (Å²) in [5.41, 5.74) is 2.33. The van der Waals surface area contributed by atoms with Crippen LogP contribution in [0.25, 0.3) is 0 Å². The fraction of sp³-hybridized carbons (Fsp3) is 0.400. The molecule has 0 fully saturated rings. The van der Waals surface area contributed by atoms with Gasteiger partial charge in [0.25, 0.3) is 5.91 Å². The molecular weight excluding hydrogens is 332 g/mol. The highest BCUT2D eigenvalue weighted by molar-refractivity contribution is 7.16. The van der Waals surface area contributed by atoms with Gasteiger partial charge in [0.1, 0.15) is 16.8 Å². The standard InChI is InChI=1S/C20H22N2O2S/c1-3-10-24-15-7-5-14(6-8-15)19(23)22-20-17(12-21)16-9-4-13(2)11-18(16)25-20/h5-8,13H,3-4,9-11H2,1-2H3,(H,22,23)/t13-/m1/s1. The minimum absolute atomic E-state index is 0.190. The van der Waals surface area contributed by atoms with E-state index in [9.17, 15) is 10.1 Å². The predicted octanol–water partition coefficient (Wildman–Crippen LogP) is 4.79. The van der Waals surface area contributed by atoms with E-state index in [1.54, 1.807) is 35.6 Å². The van der Waals surface area contributed by atoms with Gasteiger partial charge >= 0.3 is 0 Å². The number of hydrogen-bond acceptors (Lipinski definition) is 4. The topological polar surface area (TPSA) is 62.1 Å². The zero-order valence-corrected chi connectivity index (χ0v) is 15.4. The van der Waals surface area contributed by atoms with E-state index < -0.39 is 0 Å². The number of nitrogens with zero attached hydrogens (tertiary/aromatic N) is 1. The minimum atomic E-state index is -0.190. The lowest BCUT2D eigenvalue weighted by molar-refractivity contribution is 0.102. The van der Waals surface area contributed by atoms with Crippen LogP contribution in [-0.2, 0) is 12.8 Å². The molecule has 3 rings (SSSR count). The number of anilines is 1. The van der Waals surface area contributed by atoms with Crippen LogP contribution in [0.15, 0.2) is 24.3 Å². The van der Waals surface area contributed by atoms with E-state index in [0.29, 0.717) is 28.7 Å². The summed E-state index contributed by atoms with van der Waals surface area (Å²) in [4.78, 5) is 13.8. The molecule has 5 heteroatoms. The number of hydrogen-bond donors (Lipinski definition) is 1. The Bertz CT molecular complexity index is 802. The molecule has 1 aromatic carbocycles. The molecular formula is C20H22N2O2S. The van der Waals surface area contributed by atoms with E-state index in [4.69, 9.17) is 4.74 Å². The summed E-state index contributed by atoms with van der Waals surface area (Å²) in [6, 6.07) is 9.39. The summed E-state index contributed by atoms with van der Waals surface area (Å²) in [6.07, 6.45) is 3.97. The second-order valence-corrected chi connectivity index (χ2v) is 7.60. The van der Waals surface area contributed by atoms with E-state index in [0.717, 1.165) is 37.0 Å². The number of thiophene rings is 1. The van der Waals surface area contributed by atoms with Crippen molar-refractivity contribution < 1.29 is 9.53 Å². The van der Waals surface area contributed by atoms with E-state index in [-0.39, 0.29) is 5.91 Å². The first-order valence-electron chi connectivity index (χ1n) is 8.71. The number of rotatable bonds is 5. The van der Waals surface area contributed by atoms with Crippen LogP contribution >= 0.6 is 11.3 Å². The quantitative estimate of drug-likeness (QED) is 0.840. The Hall–Kier alpha value is -2.32. The molecule has 1 aromatic heterocycles. The monoisotopic (exact) mass is 354 g/mol. The molecule has 1 heterocycles. The van der Waals surface area contributed by atoms with E-state index in [2.05, 4.69) is 25.2 Å². The van der Waals surface area contributed by atoms with Gasteiger partial charge in [-0.25, -0.2) is 0 Å². The molecule has 0 spiro atoms. The molecule has 25 heavy (non-hydrogen) atoms. The Morgan fingerprint density at radius 3 is 2.84 bits per heavy atom. The van der Waals surface area contributed by atoms with Crippen molar-refractivity contribution in [3.63, 3.8) is 0 Å². The van der Waals surface area contributed by atoms with Crippen molar-refractivity contribution in [2.75, 3.05) is 11.9 Å². The zero-order chi connectivity index (χ0) is 17.8. The number of nitrogens with one attached hydrogen (secondary N) is 1. The average molecular weight is 354 g/mol. The van der Waals surface area contributed by atoms with Crippen LogP contribution in [0, 0.1) is 17.2 Å². The number of nitriles is 1. The van der Waals surface area contributed by atoms with Gasteiger partial charge < -0.3 is 10.1 Å². The second kappa shape index (κ2) is 7.71. The van der Waals surface area contributed by atoms with Gasteiger partial charge in [0.2, 0.25) is 0 Å².